The van der Waals surface area contributed by atoms with Crippen LogP contribution >= 0.6 is 23.2 Å². The second-order valence-electron chi connectivity index (χ2n) is 3.73. The number of hydrogen-bond donors (Lipinski definition) is 1. The normalized spacial score (nSPS) is 14.4. The van der Waals surface area contributed by atoms with Crippen molar-refractivity contribution in [3.05, 3.63) is 37.9 Å². The summed E-state index contributed by atoms with van der Waals surface area (Å²) in [5.74, 6) is -0.717. The minimum atomic E-state index is -0.717. The van der Waals surface area contributed by atoms with Crippen molar-refractivity contribution in [1.29, 1.82) is 0 Å². The van der Waals surface area contributed by atoms with Gasteiger partial charge in [-0.1, -0.05) is 23.2 Å². The third kappa shape index (κ3) is 2.47. The predicted molar refractivity (Wildman–Crippen MR) is 67.6 cm³/mol. The van der Waals surface area contributed by atoms with Crippen LogP contribution in [0, 0.1) is 10.1 Å². The molecule has 0 spiro atoms. The zero-order valence-corrected chi connectivity index (χ0v) is 10.9. The van der Waals surface area contributed by atoms with Crippen LogP contribution in [0.15, 0.2) is 12.1 Å². The molecule has 1 fully saturated rings. The smallest absolute Gasteiger partial charge is 0.324 e. The minimum absolute atomic E-state index is 0.112. The summed E-state index contributed by atoms with van der Waals surface area (Å²) in [5, 5.41) is 12.9. The predicted octanol–water partition coefficient (Wildman–Crippen LogP) is 2.07. The third-order valence-electron chi connectivity index (χ3n) is 2.56. The molecule has 19 heavy (non-hydrogen) atoms. The van der Waals surface area contributed by atoms with Crippen LogP contribution in [0.1, 0.15) is 10.4 Å². The average Bonchev–Trinajstić information content (AvgIpc) is 2.77. The van der Waals surface area contributed by atoms with E-state index in [1.807, 2.05) is 0 Å². The molecular weight excluding hydrogens is 297 g/mol. The summed E-state index contributed by atoms with van der Waals surface area (Å²) >= 11 is 11.6. The number of non-ortho nitro benzene ring substituents is 1. The first-order valence-electron chi connectivity index (χ1n) is 5.15. The van der Waals surface area contributed by atoms with Crippen molar-refractivity contribution in [1.82, 2.24) is 10.2 Å². The fourth-order valence-electron chi connectivity index (χ4n) is 1.65. The highest BCUT2D eigenvalue weighted by Gasteiger charge is 2.30. The van der Waals surface area contributed by atoms with Crippen LogP contribution in [0.4, 0.5) is 10.5 Å². The van der Waals surface area contributed by atoms with Crippen LogP contribution in [0.3, 0.4) is 0 Å². The molecule has 1 heterocycles. The number of hydrogen-bond acceptors (Lipinski definition) is 4. The SMILES string of the molecule is O=C1NCCN1C(=O)c1cc([N+](=O)[O-])cc(Cl)c1Cl. The van der Waals surface area contributed by atoms with E-state index in [1.54, 1.807) is 0 Å². The van der Waals surface area contributed by atoms with Crippen molar-refractivity contribution in [2.45, 2.75) is 0 Å². The largest absolute Gasteiger partial charge is 0.336 e. The number of imide groups is 1. The number of nitrogens with one attached hydrogen (secondary N) is 1. The Morgan fingerprint density at radius 2 is 2.11 bits per heavy atom. The molecule has 9 heteroatoms. The Balaban J connectivity index is 2.46. The quantitative estimate of drug-likeness (QED) is 0.668. The summed E-state index contributed by atoms with van der Waals surface area (Å²) in [6, 6.07) is 1.48. The van der Waals surface area contributed by atoms with Crippen LogP contribution < -0.4 is 5.32 Å². The minimum Gasteiger partial charge on any atom is -0.336 e. The Morgan fingerprint density at radius 3 is 2.63 bits per heavy atom. The number of benzene rings is 1. The van der Waals surface area contributed by atoms with Crippen molar-refractivity contribution in [3.63, 3.8) is 0 Å². The Labute approximate surface area is 117 Å². The van der Waals surface area contributed by atoms with E-state index in [0.717, 1.165) is 17.0 Å². The van der Waals surface area contributed by atoms with E-state index >= 15 is 0 Å². The van der Waals surface area contributed by atoms with Gasteiger partial charge in [0.05, 0.1) is 20.5 Å². The molecule has 1 aliphatic heterocycles. The van der Waals surface area contributed by atoms with Gasteiger partial charge in [-0.05, 0) is 0 Å². The molecule has 0 bridgehead atoms. The summed E-state index contributed by atoms with van der Waals surface area (Å²) in [6.45, 7) is 0.499. The van der Waals surface area contributed by atoms with Gasteiger partial charge in [-0.25, -0.2) is 4.79 Å². The first kappa shape index (κ1) is 13.6. The average molecular weight is 304 g/mol. The van der Waals surface area contributed by atoms with Crippen LogP contribution in [-0.4, -0.2) is 34.9 Å². The van der Waals surface area contributed by atoms with Crippen molar-refractivity contribution in [3.8, 4) is 0 Å². The first-order chi connectivity index (χ1) is 8.91. The lowest BCUT2D eigenvalue weighted by Gasteiger charge is -2.13. The highest BCUT2D eigenvalue weighted by atomic mass is 35.5. The van der Waals surface area contributed by atoms with Crippen molar-refractivity contribution in [2.24, 2.45) is 0 Å². The Bertz CT molecular complexity index is 590. The van der Waals surface area contributed by atoms with Crippen molar-refractivity contribution < 1.29 is 14.5 Å². The molecule has 0 unspecified atom stereocenters. The van der Waals surface area contributed by atoms with E-state index in [4.69, 9.17) is 23.2 Å². The van der Waals surface area contributed by atoms with E-state index in [0.29, 0.717) is 6.54 Å². The molecule has 1 aliphatic rings. The molecule has 1 saturated heterocycles. The van der Waals surface area contributed by atoms with E-state index < -0.39 is 16.9 Å². The summed E-state index contributed by atoms with van der Waals surface area (Å²) in [7, 11) is 0. The van der Waals surface area contributed by atoms with E-state index in [-0.39, 0.29) is 27.8 Å². The molecule has 100 valence electrons. The topological polar surface area (TPSA) is 92.6 Å². The Hall–Kier alpha value is -1.86. The van der Waals surface area contributed by atoms with Gasteiger partial charge in [0.15, 0.2) is 0 Å². The molecule has 7 nitrogen and oxygen atoms in total. The number of carbonyl (C=O) groups is 2. The Morgan fingerprint density at radius 1 is 1.42 bits per heavy atom. The summed E-state index contributed by atoms with van der Waals surface area (Å²) in [4.78, 5) is 34.4. The zero-order chi connectivity index (χ0) is 14.2. The van der Waals surface area contributed by atoms with Gasteiger partial charge in [0.25, 0.3) is 11.6 Å². The van der Waals surface area contributed by atoms with Gasteiger partial charge in [-0.3, -0.25) is 19.8 Å². The van der Waals surface area contributed by atoms with Crippen LogP contribution in [-0.2, 0) is 0 Å². The monoisotopic (exact) mass is 303 g/mol. The molecule has 1 aromatic rings. The number of carbonyl (C=O) groups excluding carboxylic acids is 2. The van der Waals surface area contributed by atoms with E-state index in [1.165, 1.54) is 0 Å². The van der Waals surface area contributed by atoms with Gasteiger partial charge in [-0.15, -0.1) is 0 Å². The van der Waals surface area contributed by atoms with Gasteiger partial charge < -0.3 is 5.32 Å². The molecule has 0 saturated carbocycles. The second kappa shape index (κ2) is 5.02. The van der Waals surface area contributed by atoms with Gasteiger partial charge in [0, 0.05) is 25.2 Å². The molecule has 1 N–H and O–H groups in total. The van der Waals surface area contributed by atoms with E-state index in [2.05, 4.69) is 5.32 Å². The number of nitro groups is 1. The highest BCUT2D eigenvalue weighted by molar-refractivity contribution is 6.44. The number of nitrogens with zero attached hydrogens (tertiary/aromatic N) is 2. The highest BCUT2D eigenvalue weighted by Crippen LogP contribution is 2.31. The van der Waals surface area contributed by atoms with E-state index in [9.17, 15) is 19.7 Å². The van der Waals surface area contributed by atoms with Gasteiger partial charge in [-0.2, -0.15) is 0 Å². The fraction of sp³-hybridized carbons (Fsp3) is 0.200. The number of halogens is 2. The van der Waals surface area contributed by atoms with Crippen LogP contribution in [0.5, 0.6) is 0 Å². The number of amides is 3. The molecule has 1 aromatic carbocycles. The number of nitro benzene ring substituents is 1. The number of urea groups is 1. The van der Waals surface area contributed by atoms with Crippen molar-refractivity contribution >= 4 is 40.8 Å². The lowest BCUT2D eigenvalue weighted by atomic mass is 10.1. The third-order valence-corrected chi connectivity index (χ3v) is 3.36. The summed E-state index contributed by atoms with van der Waals surface area (Å²) < 4.78 is 0. The summed E-state index contributed by atoms with van der Waals surface area (Å²) in [6.07, 6.45) is 0. The van der Waals surface area contributed by atoms with Gasteiger partial charge >= 0.3 is 6.03 Å². The fourth-order valence-corrected chi connectivity index (χ4v) is 2.05. The molecule has 3 amide bonds. The summed E-state index contributed by atoms with van der Waals surface area (Å²) in [5.41, 5.74) is -0.532. The number of rotatable bonds is 2. The molecule has 0 atom stereocenters. The maximum Gasteiger partial charge on any atom is 0.324 e. The van der Waals surface area contributed by atoms with Gasteiger partial charge in [0.1, 0.15) is 0 Å². The van der Waals surface area contributed by atoms with Crippen LogP contribution in [0.2, 0.25) is 10.0 Å². The lowest BCUT2D eigenvalue weighted by molar-refractivity contribution is -0.384. The van der Waals surface area contributed by atoms with Crippen LogP contribution in [0.25, 0.3) is 0 Å². The van der Waals surface area contributed by atoms with Gasteiger partial charge in [0.2, 0.25) is 0 Å². The maximum absolute atomic E-state index is 12.1. The van der Waals surface area contributed by atoms with Crippen molar-refractivity contribution in [2.75, 3.05) is 13.1 Å². The molecule has 2 rings (SSSR count). The zero-order valence-electron chi connectivity index (χ0n) is 9.35. The molecular formula is C10H7Cl2N3O4. The first-order valence-corrected chi connectivity index (χ1v) is 5.90. The molecule has 0 aliphatic carbocycles. The molecule has 0 radical (unpaired) electrons. The standard InChI is InChI=1S/C10H7Cl2N3O4/c11-7-4-5(15(18)19)3-6(8(7)12)9(16)14-2-1-13-10(14)17/h3-4H,1-2H2,(H,13,17). The lowest BCUT2D eigenvalue weighted by Crippen LogP contribution is -2.34. The Kier molecular flexibility index (Phi) is 3.59. The second-order valence-corrected chi connectivity index (χ2v) is 4.52. The maximum atomic E-state index is 12.1. The molecule has 0 aromatic heterocycles.